The number of amides is 1. The second kappa shape index (κ2) is 7.88. The van der Waals surface area contributed by atoms with Gasteiger partial charge in [0.1, 0.15) is 5.82 Å². The summed E-state index contributed by atoms with van der Waals surface area (Å²) in [5, 5.41) is 2.95. The summed E-state index contributed by atoms with van der Waals surface area (Å²) in [7, 11) is 0. The standard InChI is InChI=1S/C16H25FN2O/c1-5-12(4)11-19(7-3)16(20)13-9-8-10-14(17)15(13)18-6-2/h8-10,12,18H,5-7,11H2,1-4H3. The minimum atomic E-state index is -0.378. The van der Waals surface area contributed by atoms with Crippen molar-refractivity contribution in [1.82, 2.24) is 4.90 Å². The van der Waals surface area contributed by atoms with Crippen LogP contribution in [0, 0.1) is 11.7 Å². The molecule has 0 saturated carbocycles. The molecule has 1 amide bonds. The molecular weight excluding hydrogens is 255 g/mol. The molecule has 0 heterocycles. The highest BCUT2D eigenvalue weighted by molar-refractivity contribution is 5.99. The molecule has 1 unspecified atom stereocenters. The van der Waals surface area contributed by atoms with Gasteiger partial charge in [0, 0.05) is 19.6 Å². The summed E-state index contributed by atoms with van der Waals surface area (Å²) in [6.45, 7) is 9.98. The second-order valence-electron chi connectivity index (χ2n) is 5.05. The first kappa shape index (κ1) is 16.5. The molecule has 20 heavy (non-hydrogen) atoms. The zero-order valence-electron chi connectivity index (χ0n) is 12.9. The first-order valence-electron chi connectivity index (χ1n) is 7.36. The Hall–Kier alpha value is -1.58. The molecular formula is C16H25FN2O. The summed E-state index contributed by atoms with van der Waals surface area (Å²) in [5.74, 6) is -0.0458. The molecule has 1 aromatic rings. The van der Waals surface area contributed by atoms with Crippen molar-refractivity contribution >= 4 is 11.6 Å². The Morgan fingerprint density at radius 2 is 2.05 bits per heavy atom. The average molecular weight is 280 g/mol. The van der Waals surface area contributed by atoms with E-state index in [1.807, 2.05) is 13.8 Å². The monoisotopic (exact) mass is 280 g/mol. The van der Waals surface area contributed by atoms with Crippen LogP contribution in [0.5, 0.6) is 0 Å². The van der Waals surface area contributed by atoms with E-state index in [1.165, 1.54) is 6.07 Å². The fourth-order valence-electron chi connectivity index (χ4n) is 2.09. The van der Waals surface area contributed by atoms with Gasteiger partial charge in [-0.25, -0.2) is 4.39 Å². The summed E-state index contributed by atoms with van der Waals surface area (Å²) in [4.78, 5) is 14.4. The van der Waals surface area contributed by atoms with E-state index in [9.17, 15) is 9.18 Å². The van der Waals surface area contributed by atoms with Gasteiger partial charge in [-0.05, 0) is 31.9 Å². The predicted molar refractivity (Wildman–Crippen MR) is 81.6 cm³/mol. The van der Waals surface area contributed by atoms with Gasteiger partial charge in [0.2, 0.25) is 0 Å². The van der Waals surface area contributed by atoms with Crippen molar-refractivity contribution in [2.24, 2.45) is 5.92 Å². The van der Waals surface area contributed by atoms with E-state index in [0.29, 0.717) is 36.8 Å². The van der Waals surface area contributed by atoms with Gasteiger partial charge in [0.25, 0.3) is 5.91 Å². The van der Waals surface area contributed by atoms with Gasteiger partial charge in [-0.1, -0.05) is 26.3 Å². The number of anilines is 1. The summed E-state index contributed by atoms with van der Waals surface area (Å²) in [6.07, 6.45) is 1.02. The molecule has 112 valence electrons. The van der Waals surface area contributed by atoms with Crippen LogP contribution in [0.15, 0.2) is 18.2 Å². The number of carbonyl (C=O) groups excluding carboxylic acids is 1. The van der Waals surface area contributed by atoms with Crippen LogP contribution in [-0.4, -0.2) is 30.4 Å². The lowest BCUT2D eigenvalue weighted by Gasteiger charge is -2.25. The molecule has 3 nitrogen and oxygen atoms in total. The highest BCUT2D eigenvalue weighted by Gasteiger charge is 2.20. The zero-order chi connectivity index (χ0) is 15.1. The summed E-state index contributed by atoms with van der Waals surface area (Å²) in [6, 6.07) is 4.64. The second-order valence-corrected chi connectivity index (χ2v) is 5.05. The van der Waals surface area contributed by atoms with Gasteiger partial charge >= 0.3 is 0 Å². The fourth-order valence-corrected chi connectivity index (χ4v) is 2.09. The predicted octanol–water partition coefficient (Wildman–Crippen LogP) is 3.77. The Labute approximate surface area is 121 Å². The maximum atomic E-state index is 13.9. The number of nitrogens with one attached hydrogen (secondary N) is 1. The maximum Gasteiger partial charge on any atom is 0.256 e. The van der Waals surface area contributed by atoms with Crippen molar-refractivity contribution in [1.29, 1.82) is 0 Å². The number of hydrogen-bond donors (Lipinski definition) is 1. The smallest absolute Gasteiger partial charge is 0.256 e. The lowest BCUT2D eigenvalue weighted by molar-refractivity contribution is 0.0741. The van der Waals surface area contributed by atoms with Crippen LogP contribution in [-0.2, 0) is 0 Å². The highest BCUT2D eigenvalue weighted by Crippen LogP contribution is 2.22. The van der Waals surface area contributed by atoms with Crippen LogP contribution in [0.3, 0.4) is 0 Å². The molecule has 0 saturated heterocycles. The fraction of sp³-hybridized carbons (Fsp3) is 0.562. The Bertz CT molecular complexity index is 448. The van der Waals surface area contributed by atoms with E-state index in [4.69, 9.17) is 0 Å². The lowest BCUT2D eigenvalue weighted by atomic mass is 10.1. The number of hydrogen-bond acceptors (Lipinski definition) is 2. The van der Waals surface area contributed by atoms with E-state index >= 15 is 0 Å². The van der Waals surface area contributed by atoms with E-state index in [0.717, 1.165) is 6.42 Å². The molecule has 0 aliphatic carbocycles. The summed E-state index contributed by atoms with van der Waals surface area (Å²) >= 11 is 0. The van der Waals surface area contributed by atoms with E-state index < -0.39 is 0 Å². The van der Waals surface area contributed by atoms with Crippen molar-refractivity contribution in [2.45, 2.75) is 34.1 Å². The van der Waals surface area contributed by atoms with Crippen LogP contribution < -0.4 is 5.32 Å². The molecule has 0 aliphatic rings. The number of nitrogens with zero attached hydrogens (tertiary/aromatic N) is 1. The molecule has 0 bridgehead atoms. The first-order chi connectivity index (χ1) is 9.54. The van der Waals surface area contributed by atoms with Crippen molar-refractivity contribution < 1.29 is 9.18 Å². The molecule has 0 radical (unpaired) electrons. The topological polar surface area (TPSA) is 32.3 Å². The molecule has 0 aromatic heterocycles. The third kappa shape index (κ3) is 3.95. The SMILES string of the molecule is CCNc1c(F)cccc1C(=O)N(CC)CC(C)CC. The molecule has 0 spiro atoms. The van der Waals surface area contributed by atoms with Gasteiger partial charge in [0.05, 0.1) is 11.3 Å². The van der Waals surface area contributed by atoms with Gasteiger partial charge in [-0.3, -0.25) is 4.79 Å². The minimum Gasteiger partial charge on any atom is -0.382 e. The molecule has 1 atom stereocenters. The first-order valence-corrected chi connectivity index (χ1v) is 7.36. The minimum absolute atomic E-state index is 0.108. The maximum absolute atomic E-state index is 13.9. The van der Waals surface area contributed by atoms with E-state index in [1.54, 1.807) is 17.0 Å². The molecule has 0 aliphatic heterocycles. The van der Waals surface area contributed by atoms with Crippen molar-refractivity contribution in [3.05, 3.63) is 29.6 Å². The van der Waals surface area contributed by atoms with Gasteiger partial charge in [-0.2, -0.15) is 0 Å². The Morgan fingerprint density at radius 3 is 2.60 bits per heavy atom. The van der Waals surface area contributed by atoms with Crippen LogP contribution >= 0.6 is 0 Å². The lowest BCUT2D eigenvalue weighted by Crippen LogP contribution is -2.35. The number of carbonyl (C=O) groups is 1. The van der Waals surface area contributed by atoms with Crippen LogP contribution in [0.25, 0.3) is 0 Å². The quantitative estimate of drug-likeness (QED) is 0.824. The van der Waals surface area contributed by atoms with Gasteiger partial charge < -0.3 is 10.2 Å². The number of halogens is 1. The molecule has 1 aromatic carbocycles. The van der Waals surface area contributed by atoms with Crippen molar-refractivity contribution in [2.75, 3.05) is 25.0 Å². The number of para-hydroxylation sites is 1. The molecule has 1 rings (SSSR count). The van der Waals surface area contributed by atoms with E-state index in [2.05, 4.69) is 19.2 Å². The normalized spacial score (nSPS) is 12.1. The summed E-state index contributed by atoms with van der Waals surface area (Å²) in [5.41, 5.74) is 0.722. The Morgan fingerprint density at radius 1 is 1.35 bits per heavy atom. The van der Waals surface area contributed by atoms with Crippen molar-refractivity contribution in [3.63, 3.8) is 0 Å². The largest absolute Gasteiger partial charge is 0.382 e. The van der Waals surface area contributed by atoms with E-state index in [-0.39, 0.29) is 11.7 Å². The number of rotatable bonds is 7. The van der Waals surface area contributed by atoms with Gasteiger partial charge in [-0.15, -0.1) is 0 Å². The van der Waals surface area contributed by atoms with Crippen LogP contribution in [0.2, 0.25) is 0 Å². The number of benzene rings is 1. The molecule has 4 heteroatoms. The molecule has 1 N–H and O–H groups in total. The zero-order valence-corrected chi connectivity index (χ0v) is 12.9. The Balaban J connectivity index is 3.03. The van der Waals surface area contributed by atoms with Crippen LogP contribution in [0.4, 0.5) is 10.1 Å². The Kier molecular flexibility index (Phi) is 6.49. The average Bonchev–Trinajstić information content (AvgIpc) is 2.46. The van der Waals surface area contributed by atoms with Crippen molar-refractivity contribution in [3.8, 4) is 0 Å². The highest BCUT2D eigenvalue weighted by atomic mass is 19.1. The van der Waals surface area contributed by atoms with Gasteiger partial charge in [0.15, 0.2) is 0 Å². The molecule has 0 fully saturated rings. The summed E-state index contributed by atoms with van der Waals surface area (Å²) < 4.78 is 13.9. The van der Waals surface area contributed by atoms with Crippen LogP contribution in [0.1, 0.15) is 44.5 Å². The third-order valence-electron chi connectivity index (χ3n) is 3.50. The third-order valence-corrected chi connectivity index (χ3v) is 3.50.